The highest BCUT2D eigenvalue weighted by molar-refractivity contribution is 6.30. The molecule has 2 rings (SSSR count). The summed E-state index contributed by atoms with van der Waals surface area (Å²) in [7, 11) is 0. The van der Waals surface area contributed by atoms with Crippen molar-refractivity contribution in [3.63, 3.8) is 0 Å². The van der Waals surface area contributed by atoms with E-state index in [0.717, 1.165) is 30.6 Å². The molecule has 0 spiro atoms. The fourth-order valence-electron chi connectivity index (χ4n) is 2.68. The van der Waals surface area contributed by atoms with E-state index < -0.39 is 0 Å². The Hall–Kier alpha value is -0.810. The van der Waals surface area contributed by atoms with Crippen molar-refractivity contribution in [2.45, 2.75) is 32.2 Å². The Morgan fingerprint density at radius 2 is 2.24 bits per heavy atom. The minimum atomic E-state index is 0. The van der Waals surface area contributed by atoms with Gasteiger partial charge in [0.15, 0.2) is 0 Å². The third-order valence-corrected chi connectivity index (χ3v) is 4.07. The highest BCUT2D eigenvalue weighted by Crippen LogP contribution is 2.20. The molecule has 1 aromatic carbocycles. The Labute approximate surface area is 137 Å². The number of benzene rings is 1. The van der Waals surface area contributed by atoms with E-state index in [1.807, 2.05) is 19.1 Å². The van der Waals surface area contributed by atoms with Gasteiger partial charge in [0.2, 0.25) is 5.91 Å². The lowest BCUT2D eigenvalue weighted by Crippen LogP contribution is -2.47. The fraction of sp³-hybridized carbons (Fsp3) is 0.533. The van der Waals surface area contributed by atoms with Gasteiger partial charge in [-0.1, -0.05) is 18.0 Å². The van der Waals surface area contributed by atoms with E-state index in [9.17, 15) is 4.79 Å². The Balaban J connectivity index is 0.00000220. The molecule has 0 aromatic heterocycles. The number of aryl methyl sites for hydroxylation is 1. The van der Waals surface area contributed by atoms with Gasteiger partial charge < -0.3 is 11.1 Å². The maximum absolute atomic E-state index is 12.2. The number of anilines is 1. The smallest absolute Gasteiger partial charge is 0.238 e. The number of rotatable bonds is 4. The van der Waals surface area contributed by atoms with Crippen LogP contribution < -0.4 is 11.1 Å². The molecule has 0 aliphatic carbocycles. The highest BCUT2D eigenvalue weighted by atomic mass is 35.5. The fourth-order valence-corrected chi connectivity index (χ4v) is 2.90. The van der Waals surface area contributed by atoms with E-state index in [0.29, 0.717) is 24.2 Å². The van der Waals surface area contributed by atoms with Crippen LogP contribution >= 0.6 is 24.0 Å². The molecule has 3 N–H and O–H groups in total. The van der Waals surface area contributed by atoms with Gasteiger partial charge in [0.05, 0.1) is 6.54 Å². The van der Waals surface area contributed by atoms with Gasteiger partial charge in [-0.2, -0.15) is 0 Å². The zero-order valence-corrected chi connectivity index (χ0v) is 13.8. The Kier molecular flexibility index (Phi) is 7.46. The number of carbonyl (C=O) groups excluding carboxylic acids is 1. The van der Waals surface area contributed by atoms with Crippen LogP contribution in [0.2, 0.25) is 5.02 Å². The Bertz CT molecular complexity index is 482. The van der Waals surface area contributed by atoms with Crippen molar-refractivity contribution >= 4 is 35.6 Å². The number of halogens is 2. The van der Waals surface area contributed by atoms with Crippen LogP contribution in [0.5, 0.6) is 0 Å². The van der Waals surface area contributed by atoms with E-state index in [1.54, 1.807) is 6.07 Å². The second-order valence-corrected chi connectivity index (χ2v) is 5.80. The lowest BCUT2D eigenvalue weighted by Gasteiger charge is -2.34. The summed E-state index contributed by atoms with van der Waals surface area (Å²) < 4.78 is 0. The van der Waals surface area contributed by atoms with Crippen molar-refractivity contribution in [3.05, 3.63) is 28.8 Å². The zero-order chi connectivity index (χ0) is 14.5. The second kappa shape index (κ2) is 8.59. The number of carbonyl (C=O) groups is 1. The lowest BCUT2D eigenvalue weighted by atomic mass is 10.0. The maximum Gasteiger partial charge on any atom is 0.238 e. The van der Waals surface area contributed by atoms with Gasteiger partial charge in [-0.15, -0.1) is 12.4 Å². The summed E-state index contributed by atoms with van der Waals surface area (Å²) in [5.74, 6) is 0.00997. The number of piperidine rings is 1. The third-order valence-electron chi connectivity index (χ3n) is 3.83. The van der Waals surface area contributed by atoms with Gasteiger partial charge in [-0.25, -0.2) is 0 Å². The van der Waals surface area contributed by atoms with Crippen molar-refractivity contribution in [2.75, 3.05) is 25.0 Å². The predicted octanol–water partition coefficient (Wildman–Crippen LogP) is 2.82. The molecule has 1 aliphatic rings. The van der Waals surface area contributed by atoms with Gasteiger partial charge in [0.1, 0.15) is 0 Å². The first kappa shape index (κ1) is 18.2. The number of hydrogen-bond donors (Lipinski definition) is 2. The largest absolute Gasteiger partial charge is 0.329 e. The standard InChI is InChI=1S/C15H22ClN3O.ClH/c1-11-8-12(16)5-6-14(11)18-15(20)10-19-7-3-2-4-13(19)9-17;/h5-6,8,13H,2-4,7,9-10,17H2,1H3,(H,18,20);1H. The summed E-state index contributed by atoms with van der Waals surface area (Å²) in [5, 5.41) is 3.63. The Morgan fingerprint density at radius 3 is 2.90 bits per heavy atom. The first-order valence-corrected chi connectivity index (χ1v) is 7.48. The molecule has 4 nitrogen and oxygen atoms in total. The maximum atomic E-state index is 12.2. The van der Waals surface area contributed by atoms with Crippen LogP contribution in [-0.4, -0.2) is 36.5 Å². The number of likely N-dealkylation sites (tertiary alicyclic amines) is 1. The Morgan fingerprint density at radius 1 is 1.48 bits per heavy atom. The normalized spacial score (nSPS) is 18.9. The molecule has 1 unspecified atom stereocenters. The minimum Gasteiger partial charge on any atom is -0.329 e. The molecule has 0 bridgehead atoms. The van der Waals surface area contributed by atoms with Crippen LogP contribution in [0.15, 0.2) is 18.2 Å². The number of nitrogens with one attached hydrogen (secondary N) is 1. The summed E-state index contributed by atoms with van der Waals surface area (Å²) in [4.78, 5) is 14.3. The predicted molar refractivity (Wildman–Crippen MR) is 90.3 cm³/mol. The number of nitrogens with zero attached hydrogens (tertiary/aromatic N) is 1. The van der Waals surface area contributed by atoms with Crippen LogP contribution in [0.3, 0.4) is 0 Å². The first-order valence-electron chi connectivity index (χ1n) is 7.10. The molecular formula is C15H23Cl2N3O. The molecule has 6 heteroatoms. The quantitative estimate of drug-likeness (QED) is 0.891. The molecular weight excluding hydrogens is 309 g/mol. The molecule has 1 aromatic rings. The summed E-state index contributed by atoms with van der Waals surface area (Å²) >= 11 is 5.91. The number of nitrogens with two attached hydrogens (primary N) is 1. The minimum absolute atomic E-state index is 0. The van der Waals surface area contributed by atoms with E-state index in [4.69, 9.17) is 17.3 Å². The van der Waals surface area contributed by atoms with E-state index in [-0.39, 0.29) is 18.3 Å². The van der Waals surface area contributed by atoms with Crippen molar-refractivity contribution < 1.29 is 4.79 Å². The van der Waals surface area contributed by atoms with Crippen molar-refractivity contribution in [1.82, 2.24) is 4.90 Å². The molecule has 0 radical (unpaired) electrons. The summed E-state index contributed by atoms with van der Waals surface area (Å²) in [5.41, 5.74) is 7.57. The van der Waals surface area contributed by atoms with Crippen molar-refractivity contribution in [3.8, 4) is 0 Å². The van der Waals surface area contributed by atoms with Gasteiger partial charge in [-0.3, -0.25) is 9.69 Å². The molecule has 1 fully saturated rings. The molecule has 21 heavy (non-hydrogen) atoms. The molecule has 1 amide bonds. The van der Waals surface area contributed by atoms with Crippen LogP contribution in [0.1, 0.15) is 24.8 Å². The number of amides is 1. The summed E-state index contributed by atoms with van der Waals surface area (Å²) in [6.07, 6.45) is 3.43. The molecule has 1 aliphatic heterocycles. The zero-order valence-electron chi connectivity index (χ0n) is 12.3. The molecule has 1 saturated heterocycles. The van der Waals surface area contributed by atoms with E-state index in [1.165, 1.54) is 6.42 Å². The molecule has 118 valence electrons. The second-order valence-electron chi connectivity index (χ2n) is 5.36. The van der Waals surface area contributed by atoms with Crippen molar-refractivity contribution in [1.29, 1.82) is 0 Å². The summed E-state index contributed by atoms with van der Waals surface area (Å²) in [6, 6.07) is 5.81. The first-order chi connectivity index (χ1) is 9.60. The third kappa shape index (κ3) is 5.15. The van der Waals surface area contributed by atoms with Crippen LogP contribution in [-0.2, 0) is 4.79 Å². The van der Waals surface area contributed by atoms with Crippen LogP contribution in [0, 0.1) is 6.92 Å². The van der Waals surface area contributed by atoms with Crippen molar-refractivity contribution in [2.24, 2.45) is 5.73 Å². The number of hydrogen-bond acceptors (Lipinski definition) is 3. The highest BCUT2D eigenvalue weighted by Gasteiger charge is 2.23. The summed E-state index contributed by atoms with van der Waals surface area (Å²) in [6.45, 7) is 3.91. The SMILES string of the molecule is Cc1cc(Cl)ccc1NC(=O)CN1CCCCC1CN.Cl. The average molecular weight is 332 g/mol. The topological polar surface area (TPSA) is 58.4 Å². The van der Waals surface area contributed by atoms with Gasteiger partial charge >= 0.3 is 0 Å². The average Bonchev–Trinajstić information content (AvgIpc) is 2.42. The van der Waals surface area contributed by atoms with E-state index >= 15 is 0 Å². The molecule has 1 heterocycles. The van der Waals surface area contributed by atoms with Gasteiger partial charge in [-0.05, 0) is 50.1 Å². The molecule has 0 saturated carbocycles. The van der Waals surface area contributed by atoms with Gasteiger partial charge in [0, 0.05) is 23.3 Å². The monoisotopic (exact) mass is 331 g/mol. The van der Waals surface area contributed by atoms with Gasteiger partial charge in [0.25, 0.3) is 0 Å². The van der Waals surface area contributed by atoms with E-state index in [2.05, 4.69) is 10.2 Å². The molecule has 1 atom stereocenters. The van der Waals surface area contributed by atoms with Crippen LogP contribution in [0.25, 0.3) is 0 Å². The lowest BCUT2D eigenvalue weighted by molar-refractivity contribution is -0.118. The van der Waals surface area contributed by atoms with Crippen LogP contribution in [0.4, 0.5) is 5.69 Å².